The second-order valence-electron chi connectivity index (χ2n) is 6.07. The minimum absolute atomic E-state index is 0.217. The number of carbonyl (C=O) groups excluding carboxylic acids is 1. The van der Waals surface area contributed by atoms with E-state index in [1.807, 2.05) is 14.0 Å². The number of nitrogens with zero attached hydrogens (tertiary/aromatic N) is 4. The van der Waals surface area contributed by atoms with Crippen LogP contribution < -0.4 is 5.32 Å². The maximum Gasteiger partial charge on any atom is 0.280 e. The molecule has 0 unspecified atom stereocenters. The highest BCUT2D eigenvalue weighted by Gasteiger charge is 2.25. The maximum atomic E-state index is 12.6. The van der Waals surface area contributed by atoms with Crippen LogP contribution in [0.3, 0.4) is 0 Å². The molecule has 2 aromatic rings. The Balaban J connectivity index is 2.14. The summed E-state index contributed by atoms with van der Waals surface area (Å²) in [7, 11) is 4.94. The molecule has 7 nitrogen and oxygen atoms in total. The van der Waals surface area contributed by atoms with Crippen LogP contribution in [0.1, 0.15) is 41.7 Å². The van der Waals surface area contributed by atoms with Crippen LogP contribution in [0.5, 0.6) is 0 Å². The number of anilines is 1. The smallest absolute Gasteiger partial charge is 0.280 e. The Hall–Kier alpha value is -2.15. The predicted molar refractivity (Wildman–Crippen MR) is 88.2 cm³/mol. The number of fused-ring (bicyclic) bond motifs is 1. The highest BCUT2D eigenvalue weighted by Crippen LogP contribution is 2.32. The molecule has 0 bridgehead atoms. The van der Waals surface area contributed by atoms with E-state index in [0.717, 1.165) is 35.3 Å². The summed E-state index contributed by atoms with van der Waals surface area (Å²) >= 11 is 0. The number of hydrogen-bond donors (Lipinski definition) is 1. The molecule has 1 amide bonds. The summed E-state index contributed by atoms with van der Waals surface area (Å²) in [6, 6.07) is 0.389. The van der Waals surface area contributed by atoms with E-state index in [0.29, 0.717) is 11.6 Å². The van der Waals surface area contributed by atoms with E-state index in [2.05, 4.69) is 15.4 Å². The van der Waals surface area contributed by atoms with Crippen LogP contribution in [-0.2, 0) is 11.9 Å². The van der Waals surface area contributed by atoms with Crippen molar-refractivity contribution < 1.29 is 9.63 Å². The Morgan fingerprint density at radius 1 is 1.43 bits per heavy atom. The van der Waals surface area contributed by atoms with Gasteiger partial charge in [-0.15, -0.1) is 0 Å². The molecule has 23 heavy (non-hydrogen) atoms. The van der Waals surface area contributed by atoms with Gasteiger partial charge < -0.3 is 5.32 Å². The third-order valence-corrected chi connectivity index (χ3v) is 4.52. The number of aryl methyl sites for hydroxylation is 2. The second-order valence-corrected chi connectivity index (χ2v) is 6.07. The van der Waals surface area contributed by atoms with Crippen molar-refractivity contribution in [1.29, 1.82) is 0 Å². The summed E-state index contributed by atoms with van der Waals surface area (Å²) < 4.78 is 1.75. The van der Waals surface area contributed by atoms with Crippen molar-refractivity contribution in [3.8, 4) is 0 Å². The first kappa shape index (κ1) is 15.7. The van der Waals surface area contributed by atoms with Gasteiger partial charge in [-0.2, -0.15) is 5.10 Å². The summed E-state index contributed by atoms with van der Waals surface area (Å²) in [6.07, 6.45) is 6.30. The fourth-order valence-electron chi connectivity index (χ4n) is 3.25. The van der Waals surface area contributed by atoms with Gasteiger partial charge in [0.2, 0.25) is 0 Å². The molecule has 1 fully saturated rings. The zero-order valence-corrected chi connectivity index (χ0v) is 14.1. The fourth-order valence-corrected chi connectivity index (χ4v) is 3.25. The molecule has 0 radical (unpaired) electrons. The Morgan fingerprint density at radius 3 is 2.78 bits per heavy atom. The number of aromatic nitrogens is 3. The van der Waals surface area contributed by atoms with Crippen molar-refractivity contribution in [2.75, 3.05) is 19.5 Å². The van der Waals surface area contributed by atoms with E-state index in [1.54, 1.807) is 17.9 Å². The first-order valence-corrected chi connectivity index (χ1v) is 7.94. The second kappa shape index (κ2) is 6.16. The quantitative estimate of drug-likeness (QED) is 0.876. The van der Waals surface area contributed by atoms with Crippen LogP contribution >= 0.6 is 0 Å². The van der Waals surface area contributed by atoms with Crippen LogP contribution in [0.25, 0.3) is 11.0 Å². The van der Waals surface area contributed by atoms with Crippen molar-refractivity contribution in [3.63, 3.8) is 0 Å². The lowest BCUT2D eigenvalue weighted by Gasteiger charge is -2.20. The molecule has 0 atom stereocenters. The summed E-state index contributed by atoms with van der Waals surface area (Å²) in [4.78, 5) is 22.1. The topological polar surface area (TPSA) is 72.3 Å². The van der Waals surface area contributed by atoms with Crippen LogP contribution in [0.15, 0.2) is 6.20 Å². The summed E-state index contributed by atoms with van der Waals surface area (Å²) in [5, 5.41) is 10.1. The molecule has 0 saturated heterocycles. The van der Waals surface area contributed by atoms with Gasteiger partial charge in [-0.1, -0.05) is 12.8 Å². The lowest BCUT2D eigenvalue weighted by molar-refractivity contribution is -0.0756. The van der Waals surface area contributed by atoms with E-state index in [1.165, 1.54) is 25.0 Å². The Kier molecular flexibility index (Phi) is 4.21. The number of pyridine rings is 1. The van der Waals surface area contributed by atoms with Gasteiger partial charge in [-0.05, 0) is 19.8 Å². The highest BCUT2D eigenvalue weighted by atomic mass is 16.7. The van der Waals surface area contributed by atoms with Gasteiger partial charge >= 0.3 is 0 Å². The minimum atomic E-state index is -0.217. The Morgan fingerprint density at radius 2 is 2.13 bits per heavy atom. The molecule has 0 spiro atoms. The van der Waals surface area contributed by atoms with Gasteiger partial charge in [-0.25, -0.2) is 10.0 Å². The van der Waals surface area contributed by atoms with E-state index in [9.17, 15) is 4.79 Å². The van der Waals surface area contributed by atoms with Gasteiger partial charge in [0, 0.05) is 26.3 Å². The lowest BCUT2D eigenvalue weighted by atomic mass is 10.1. The Labute approximate surface area is 135 Å². The molecule has 0 aromatic carbocycles. The van der Waals surface area contributed by atoms with Gasteiger partial charge in [-0.3, -0.25) is 14.3 Å². The molecular weight excluding hydrogens is 294 g/mol. The Bertz CT molecular complexity index is 734. The zero-order chi connectivity index (χ0) is 16.6. The first-order valence-electron chi connectivity index (χ1n) is 7.94. The van der Waals surface area contributed by atoms with E-state index >= 15 is 0 Å². The molecule has 2 aromatic heterocycles. The number of hydroxylamine groups is 2. The van der Waals surface area contributed by atoms with E-state index < -0.39 is 0 Å². The van der Waals surface area contributed by atoms with Gasteiger partial charge in [0.15, 0.2) is 5.65 Å². The average Bonchev–Trinajstić information content (AvgIpc) is 3.15. The molecule has 1 saturated carbocycles. The minimum Gasteiger partial charge on any atom is -0.381 e. The summed E-state index contributed by atoms with van der Waals surface area (Å²) in [5.74, 6) is -0.217. The SMILES string of the molecule is CON(C)C(=O)c1cnc2c(c(C)nn2C)c1NC1CCCC1. The predicted octanol–water partition coefficient (Wildman–Crippen LogP) is 2.26. The number of hydrogen-bond acceptors (Lipinski definition) is 5. The molecule has 2 heterocycles. The monoisotopic (exact) mass is 317 g/mol. The standard InChI is InChI=1S/C16H23N5O2/c1-10-13-14(18-11-7-5-6-8-11)12(16(22)21(3)23-4)9-17-15(13)20(2)19-10/h9,11H,5-8H2,1-4H3,(H,17,18). The first-order chi connectivity index (χ1) is 11.0. The number of rotatable bonds is 4. The van der Waals surface area contributed by atoms with Crippen LogP contribution in [0.2, 0.25) is 0 Å². The third kappa shape index (κ3) is 2.76. The molecule has 1 aliphatic carbocycles. The molecule has 124 valence electrons. The summed E-state index contributed by atoms with van der Waals surface area (Å²) in [6.45, 7) is 1.94. The van der Waals surface area contributed by atoms with Crippen LogP contribution in [0.4, 0.5) is 5.69 Å². The van der Waals surface area contributed by atoms with E-state index in [-0.39, 0.29) is 5.91 Å². The highest BCUT2D eigenvalue weighted by molar-refractivity contribution is 6.07. The normalized spacial score (nSPS) is 15.3. The fraction of sp³-hybridized carbons (Fsp3) is 0.562. The molecule has 1 N–H and O–H groups in total. The van der Waals surface area contributed by atoms with E-state index in [4.69, 9.17) is 4.84 Å². The molecule has 0 aliphatic heterocycles. The zero-order valence-electron chi connectivity index (χ0n) is 14.1. The number of nitrogens with one attached hydrogen (secondary N) is 1. The third-order valence-electron chi connectivity index (χ3n) is 4.52. The van der Waals surface area contributed by atoms with Crippen LogP contribution in [-0.4, -0.2) is 45.9 Å². The van der Waals surface area contributed by atoms with Crippen molar-refractivity contribution >= 4 is 22.6 Å². The van der Waals surface area contributed by atoms with Gasteiger partial charge in [0.05, 0.1) is 29.4 Å². The maximum absolute atomic E-state index is 12.6. The average molecular weight is 317 g/mol. The van der Waals surface area contributed by atoms with Crippen molar-refractivity contribution in [2.45, 2.75) is 38.6 Å². The number of carbonyl (C=O) groups is 1. The van der Waals surface area contributed by atoms with Gasteiger partial charge in [0.25, 0.3) is 5.91 Å². The number of amides is 1. The van der Waals surface area contributed by atoms with Crippen molar-refractivity contribution in [1.82, 2.24) is 19.8 Å². The van der Waals surface area contributed by atoms with Gasteiger partial charge in [0.1, 0.15) is 0 Å². The van der Waals surface area contributed by atoms with Crippen LogP contribution in [0, 0.1) is 6.92 Å². The molecule has 1 aliphatic rings. The largest absolute Gasteiger partial charge is 0.381 e. The van der Waals surface area contributed by atoms with Crippen molar-refractivity contribution in [2.24, 2.45) is 7.05 Å². The van der Waals surface area contributed by atoms with Crippen molar-refractivity contribution in [3.05, 3.63) is 17.5 Å². The summed E-state index contributed by atoms with van der Waals surface area (Å²) in [5.41, 5.74) is 2.98. The molecular formula is C16H23N5O2. The molecule has 7 heteroatoms. The molecule has 3 rings (SSSR count). The lowest BCUT2D eigenvalue weighted by Crippen LogP contribution is -2.27.